The minimum atomic E-state index is -0.744. The Kier molecular flexibility index (Phi) is 5.48. The molecule has 144 valence electrons. The van der Waals surface area contributed by atoms with Crippen molar-refractivity contribution in [3.05, 3.63) is 48.2 Å². The quantitative estimate of drug-likeness (QED) is 0.865. The smallest absolute Gasteiger partial charge is 0.256 e. The maximum atomic E-state index is 13.2. The molecule has 3 rings (SSSR count). The molecule has 0 spiro atoms. The molecule has 1 unspecified atom stereocenters. The number of pyridine rings is 1. The van der Waals surface area contributed by atoms with Gasteiger partial charge in [0.05, 0.1) is 22.5 Å². The number of nitrogens with zero attached hydrogens (tertiary/aromatic N) is 3. The van der Waals surface area contributed by atoms with E-state index < -0.39 is 5.60 Å². The van der Waals surface area contributed by atoms with Gasteiger partial charge in [-0.15, -0.1) is 0 Å². The van der Waals surface area contributed by atoms with Crippen LogP contribution in [0.25, 0.3) is 11.3 Å². The number of aromatic nitrogens is 1. The number of carbonyl (C=O) groups excluding carboxylic acids is 1. The van der Waals surface area contributed by atoms with Crippen LogP contribution < -0.4 is 5.73 Å². The zero-order chi connectivity index (χ0) is 19.6. The van der Waals surface area contributed by atoms with Crippen molar-refractivity contribution in [2.45, 2.75) is 32.4 Å². The average Bonchev–Trinajstić information content (AvgIpc) is 2.61. The number of amides is 1. The van der Waals surface area contributed by atoms with Crippen LogP contribution in [0.5, 0.6) is 0 Å². The normalized spacial score (nSPS) is 18.5. The topological polar surface area (TPSA) is 82.7 Å². The summed E-state index contributed by atoms with van der Waals surface area (Å²) in [5, 5.41) is 10.0. The van der Waals surface area contributed by atoms with E-state index >= 15 is 0 Å². The van der Waals surface area contributed by atoms with Crippen molar-refractivity contribution in [3.8, 4) is 11.3 Å². The van der Waals surface area contributed by atoms with Crippen molar-refractivity contribution >= 4 is 11.6 Å². The van der Waals surface area contributed by atoms with Crippen LogP contribution in [0.1, 0.15) is 31.1 Å². The molecule has 6 heteroatoms. The lowest BCUT2D eigenvalue weighted by atomic mass is 10.0. The van der Waals surface area contributed by atoms with Gasteiger partial charge in [-0.25, -0.2) is 0 Å². The number of nitrogens with two attached hydrogens (primary N) is 1. The number of benzene rings is 1. The molecule has 1 atom stereocenters. The van der Waals surface area contributed by atoms with Crippen molar-refractivity contribution in [1.82, 2.24) is 14.8 Å². The highest BCUT2D eigenvalue weighted by Gasteiger charge is 2.31. The molecule has 0 bridgehead atoms. The number of rotatable bonds is 4. The number of hydrogen-bond acceptors (Lipinski definition) is 5. The van der Waals surface area contributed by atoms with Gasteiger partial charge in [0, 0.05) is 44.0 Å². The summed E-state index contributed by atoms with van der Waals surface area (Å²) in [4.78, 5) is 21.6. The molecule has 0 aliphatic carbocycles. The first-order chi connectivity index (χ1) is 12.8. The standard InChI is InChI=1S/C21H28N4O2/c1-15-13-24(14-21(2,3)27)11-12-25(15)20(26)17-9-10-23-19(18(17)22)16-7-5-4-6-8-16/h4-10,15,27H,11-14,22H2,1-3H3. The van der Waals surface area contributed by atoms with Gasteiger partial charge >= 0.3 is 0 Å². The maximum Gasteiger partial charge on any atom is 0.256 e. The summed E-state index contributed by atoms with van der Waals surface area (Å²) in [6.07, 6.45) is 1.64. The van der Waals surface area contributed by atoms with Gasteiger partial charge in [0.15, 0.2) is 0 Å². The van der Waals surface area contributed by atoms with Crippen LogP contribution in [0.3, 0.4) is 0 Å². The number of aliphatic hydroxyl groups is 1. The summed E-state index contributed by atoms with van der Waals surface area (Å²) in [7, 11) is 0. The predicted octanol–water partition coefficient (Wildman–Crippen LogP) is 2.25. The molecule has 1 aromatic heterocycles. The van der Waals surface area contributed by atoms with E-state index in [1.165, 1.54) is 0 Å². The number of hydrogen-bond donors (Lipinski definition) is 2. The highest BCUT2D eigenvalue weighted by Crippen LogP contribution is 2.28. The summed E-state index contributed by atoms with van der Waals surface area (Å²) in [6, 6.07) is 11.4. The van der Waals surface area contributed by atoms with E-state index in [0.717, 1.165) is 18.7 Å². The molecular formula is C21H28N4O2. The van der Waals surface area contributed by atoms with Crippen molar-refractivity contribution in [2.75, 3.05) is 31.9 Å². The summed E-state index contributed by atoms with van der Waals surface area (Å²) in [5.74, 6) is -0.0671. The molecule has 0 radical (unpaired) electrons. The van der Waals surface area contributed by atoms with E-state index in [0.29, 0.717) is 30.0 Å². The van der Waals surface area contributed by atoms with E-state index in [4.69, 9.17) is 5.73 Å². The van der Waals surface area contributed by atoms with Crippen LogP contribution in [0, 0.1) is 0 Å². The molecule has 6 nitrogen and oxygen atoms in total. The largest absolute Gasteiger partial charge is 0.396 e. The predicted molar refractivity (Wildman–Crippen MR) is 107 cm³/mol. The van der Waals surface area contributed by atoms with Gasteiger partial charge in [0.1, 0.15) is 0 Å². The minimum absolute atomic E-state index is 0.0429. The van der Waals surface area contributed by atoms with E-state index in [1.54, 1.807) is 26.1 Å². The Morgan fingerprint density at radius 1 is 1.26 bits per heavy atom. The van der Waals surface area contributed by atoms with Gasteiger partial charge < -0.3 is 15.7 Å². The summed E-state index contributed by atoms with van der Waals surface area (Å²) in [5.41, 5.74) is 8.02. The Balaban J connectivity index is 1.79. The first kappa shape index (κ1) is 19.3. The van der Waals surface area contributed by atoms with Crippen molar-refractivity contribution in [1.29, 1.82) is 0 Å². The summed E-state index contributed by atoms with van der Waals surface area (Å²) >= 11 is 0. The average molecular weight is 368 g/mol. The van der Waals surface area contributed by atoms with Gasteiger partial charge in [-0.05, 0) is 26.8 Å². The Morgan fingerprint density at radius 3 is 2.59 bits per heavy atom. The van der Waals surface area contributed by atoms with Gasteiger partial charge in [-0.2, -0.15) is 0 Å². The number of piperazine rings is 1. The Labute approximate surface area is 160 Å². The zero-order valence-electron chi connectivity index (χ0n) is 16.2. The molecule has 1 aliphatic heterocycles. The van der Waals surface area contributed by atoms with E-state index in [-0.39, 0.29) is 11.9 Å². The second-order valence-electron chi connectivity index (χ2n) is 7.88. The Hall–Kier alpha value is -2.44. The molecule has 3 N–H and O–H groups in total. The SMILES string of the molecule is CC1CN(CC(C)(C)O)CCN1C(=O)c1ccnc(-c2ccccc2)c1N. The highest BCUT2D eigenvalue weighted by atomic mass is 16.3. The molecular weight excluding hydrogens is 340 g/mol. The molecule has 1 amide bonds. The first-order valence-electron chi connectivity index (χ1n) is 9.32. The Bertz CT molecular complexity index is 802. The van der Waals surface area contributed by atoms with E-state index in [1.807, 2.05) is 42.2 Å². The van der Waals surface area contributed by atoms with Crippen LogP contribution in [-0.4, -0.2) is 63.6 Å². The third kappa shape index (κ3) is 4.46. The Morgan fingerprint density at radius 2 is 1.96 bits per heavy atom. The lowest BCUT2D eigenvalue weighted by Crippen LogP contribution is -2.56. The fraction of sp³-hybridized carbons (Fsp3) is 0.429. The van der Waals surface area contributed by atoms with Crippen LogP contribution in [0.2, 0.25) is 0 Å². The second-order valence-corrected chi connectivity index (χ2v) is 7.88. The van der Waals surface area contributed by atoms with Crippen LogP contribution in [0.15, 0.2) is 42.6 Å². The van der Waals surface area contributed by atoms with Crippen LogP contribution in [-0.2, 0) is 0 Å². The molecule has 2 aromatic rings. The third-order valence-corrected chi connectivity index (χ3v) is 4.85. The molecule has 0 saturated carbocycles. The van der Waals surface area contributed by atoms with Gasteiger partial charge in [0.2, 0.25) is 0 Å². The monoisotopic (exact) mass is 368 g/mol. The van der Waals surface area contributed by atoms with E-state index in [9.17, 15) is 9.90 Å². The second kappa shape index (κ2) is 7.66. The lowest BCUT2D eigenvalue weighted by Gasteiger charge is -2.41. The summed E-state index contributed by atoms with van der Waals surface area (Å²) in [6.45, 7) is 8.30. The first-order valence-corrected chi connectivity index (χ1v) is 9.32. The number of β-amino-alcohol motifs (C(OH)–C–C–N with tert-alkyl or cyclic N) is 1. The minimum Gasteiger partial charge on any atom is -0.396 e. The zero-order valence-corrected chi connectivity index (χ0v) is 16.2. The molecule has 27 heavy (non-hydrogen) atoms. The summed E-state index contributed by atoms with van der Waals surface area (Å²) < 4.78 is 0. The highest BCUT2D eigenvalue weighted by molar-refractivity contribution is 6.02. The van der Waals surface area contributed by atoms with Crippen molar-refractivity contribution in [3.63, 3.8) is 0 Å². The molecule has 2 heterocycles. The van der Waals surface area contributed by atoms with E-state index in [2.05, 4.69) is 9.88 Å². The molecule has 1 saturated heterocycles. The van der Waals surface area contributed by atoms with Gasteiger partial charge in [0.25, 0.3) is 5.91 Å². The van der Waals surface area contributed by atoms with Crippen molar-refractivity contribution < 1.29 is 9.90 Å². The maximum absolute atomic E-state index is 13.2. The molecule has 1 aliphatic rings. The fourth-order valence-electron chi connectivity index (χ4n) is 3.67. The van der Waals surface area contributed by atoms with Gasteiger partial charge in [-0.1, -0.05) is 30.3 Å². The number of carbonyl (C=O) groups is 1. The number of anilines is 1. The van der Waals surface area contributed by atoms with Gasteiger partial charge in [-0.3, -0.25) is 14.7 Å². The number of nitrogen functional groups attached to an aromatic ring is 1. The fourth-order valence-corrected chi connectivity index (χ4v) is 3.67. The van der Waals surface area contributed by atoms with Crippen LogP contribution in [0.4, 0.5) is 5.69 Å². The van der Waals surface area contributed by atoms with Crippen LogP contribution >= 0.6 is 0 Å². The van der Waals surface area contributed by atoms with Crippen molar-refractivity contribution in [2.24, 2.45) is 0 Å². The molecule has 1 aromatic carbocycles. The third-order valence-electron chi connectivity index (χ3n) is 4.85. The lowest BCUT2D eigenvalue weighted by molar-refractivity contribution is 0.00581. The molecule has 1 fully saturated rings.